The van der Waals surface area contributed by atoms with Crippen LogP contribution in [0.2, 0.25) is 5.02 Å². The quantitative estimate of drug-likeness (QED) is 0.684. The fourth-order valence-corrected chi connectivity index (χ4v) is 4.34. The second-order valence-corrected chi connectivity index (χ2v) is 8.40. The van der Waals surface area contributed by atoms with Gasteiger partial charge in [0.2, 0.25) is 11.8 Å². The molecule has 1 fully saturated rings. The fraction of sp³-hybridized carbons (Fsp3) is 0.381. The van der Waals surface area contributed by atoms with Crippen LogP contribution in [0.25, 0.3) is 10.4 Å². The summed E-state index contributed by atoms with van der Waals surface area (Å²) < 4.78 is 5.15. The maximum Gasteiger partial charge on any atom is 0.350 e. The van der Waals surface area contributed by atoms with Gasteiger partial charge in [0.1, 0.15) is 4.88 Å². The number of thiophene rings is 1. The van der Waals surface area contributed by atoms with Gasteiger partial charge >= 0.3 is 5.97 Å². The van der Waals surface area contributed by atoms with Crippen molar-refractivity contribution in [3.8, 4) is 10.4 Å². The van der Waals surface area contributed by atoms with Crippen molar-refractivity contribution in [3.63, 3.8) is 0 Å². The number of piperazine rings is 1. The molecule has 1 aromatic heterocycles. The van der Waals surface area contributed by atoms with Crippen molar-refractivity contribution < 1.29 is 19.1 Å². The van der Waals surface area contributed by atoms with Gasteiger partial charge in [-0.1, -0.05) is 23.7 Å². The molecule has 2 heterocycles. The van der Waals surface area contributed by atoms with Crippen LogP contribution >= 0.6 is 22.9 Å². The summed E-state index contributed by atoms with van der Waals surface area (Å²) in [5.41, 5.74) is 1.34. The third kappa shape index (κ3) is 5.59. The molecule has 2 aromatic rings. The Kier molecular flexibility index (Phi) is 7.47. The summed E-state index contributed by atoms with van der Waals surface area (Å²) in [6.07, 6.45) is 0. The number of hydrogen-bond donors (Lipinski definition) is 1. The Morgan fingerprint density at radius 3 is 2.40 bits per heavy atom. The number of benzene rings is 1. The molecule has 0 unspecified atom stereocenters. The van der Waals surface area contributed by atoms with Gasteiger partial charge in [-0.25, -0.2) is 4.79 Å². The number of carbonyl (C=O) groups is 3. The van der Waals surface area contributed by atoms with Gasteiger partial charge < -0.3 is 15.0 Å². The number of nitrogens with one attached hydrogen (secondary N) is 1. The largest absolute Gasteiger partial charge is 0.462 e. The van der Waals surface area contributed by atoms with E-state index in [9.17, 15) is 14.4 Å². The van der Waals surface area contributed by atoms with Gasteiger partial charge in [-0.2, -0.15) is 0 Å². The van der Waals surface area contributed by atoms with Crippen molar-refractivity contribution in [2.75, 3.05) is 44.6 Å². The van der Waals surface area contributed by atoms with Crippen molar-refractivity contribution in [3.05, 3.63) is 40.2 Å². The average molecular weight is 450 g/mol. The van der Waals surface area contributed by atoms with E-state index in [1.54, 1.807) is 36.9 Å². The molecular formula is C21H24ClN3O4S. The predicted molar refractivity (Wildman–Crippen MR) is 118 cm³/mol. The van der Waals surface area contributed by atoms with Crippen molar-refractivity contribution >= 4 is 46.4 Å². The molecule has 0 spiro atoms. The fourth-order valence-electron chi connectivity index (χ4n) is 3.20. The van der Waals surface area contributed by atoms with E-state index in [0.29, 0.717) is 41.8 Å². The minimum Gasteiger partial charge on any atom is -0.462 e. The number of ether oxygens (including phenoxy) is 1. The van der Waals surface area contributed by atoms with E-state index < -0.39 is 5.97 Å². The number of hydrogen-bond acceptors (Lipinski definition) is 6. The highest BCUT2D eigenvalue weighted by atomic mass is 35.5. The van der Waals surface area contributed by atoms with Crippen LogP contribution in [0.15, 0.2) is 30.3 Å². The molecule has 1 saturated heterocycles. The first-order chi connectivity index (χ1) is 14.4. The number of halogens is 1. The smallest absolute Gasteiger partial charge is 0.350 e. The zero-order valence-corrected chi connectivity index (χ0v) is 18.5. The predicted octanol–water partition coefficient (Wildman–Crippen LogP) is 3.35. The topological polar surface area (TPSA) is 79.0 Å². The molecule has 1 aliphatic heterocycles. The highest BCUT2D eigenvalue weighted by Gasteiger charge is 2.23. The molecule has 1 aliphatic rings. The maximum atomic E-state index is 12.6. The van der Waals surface area contributed by atoms with E-state index in [0.717, 1.165) is 10.4 Å². The number of carbonyl (C=O) groups excluding carboxylic acids is 3. The molecule has 0 atom stereocenters. The molecule has 7 nitrogen and oxygen atoms in total. The van der Waals surface area contributed by atoms with Crippen molar-refractivity contribution in [1.29, 1.82) is 0 Å². The van der Waals surface area contributed by atoms with E-state index in [1.165, 1.54) is 11.3 Å². The molecule has 0 bridgehead atoms. The van der Waals surface area contributed by atoms with E-state index >= 15 is 0 Å². The van der Waals surface area contributed by atoms with Gasteiger partial charge in [0.15, 0.2) is 0 Å². The normalized spacial score (nSPS) is 14.4. The lowest BCUT2D eigenvalue weighted by Crippen LogP contribution is -2.49. The van der Waals surface area contributed by atoms with Crippen LogP contribution in [0.5, 0.6) is 0 Å². The van der Waals surface area contributed by atoms with Crippen LogP contribution in [0, 0.1) is 0 Å². The zero-order valence-electron chi connectivity index (χ0n) is 16.9. The Bertz CT molecular complexity index is 921. The Balaban J connectivity index is 1.72. The van der Waals surface area contributed by atoms with E-state index in [1.807, 2.05) is 17.0 Å². The minimum absolute atomic E-state index is 0.0474. The molecule has 160 valence electrons. The lowest BCUT2D eigenvalue weighted by molar-refractivity contribution is -0.130. The summed E-state index contributed by atoms with van der Waals surface area (Å²) >= 11 is 7.23. The summed E-state index contributed by atoms with van der Waals surface area (Å²) in [5, 5.41) is 3.48. The first kappa shape index (κ1) is 22.3. The maximum absolute atomic E-state index is 12.6. The Hall–Kier alpha value is -2.42. The van der Waals surface area contributed by atoms with Crippen LogP contribution in [0.4, 0.5) is 5.69 Å². The van der Waals surface area contributed by atoms with E-state index in [4.69, 9.17) is 16.3 Å². The monoisotopic (exact) mass is 449 g/mol. The Labute approximate surface area is 184 Å². The lowest BCUT2D eigenvalue weighted by atomic mass is 10.2. The first-order valence-corrected chi connectivity index (χ1v) is 10.9. The summed E-state index contributed by atoms with van der Waals surface area (Å²) in [5.74, 6) is -0.628. The SMILES string of the molecule is CCOC(=O)c1sc(-c2ccc(Cl)cc2)cc1NC(=O)CN1CCN(C(C)=O)CC1. The summed E-state index contributed by atoms with van der Waals surface area (Å²) in [6, 6.07) is 9.07. The molecule has 0 aliphatic carbocycles. The number of anilines is 1. The zero-order chi connectivity index (χ0) is 21.7. The van der Waals surface area contributed by atoms with Gasteiger partial charge in [0.05, 0.1) is 18.8 Å². The van der Waals surface area contributed by atoms with Crippen molar-refractivity contribution in [1.82, 2.24) is 9.80 Å². The van der Waals surface area contributed by atoms with Crippen LogP contribution in [0.3, 0.4) is 0 Å². The number of esters is 1. The van der Waals surface area contributed by atoms with Crippen molar-refractivity contribution in [2.45, 2.75) is 13.8 Å². The van der Waals surface area contributed by atoms with Gasteiger partial charge in [-0.3, -0.25) is 14.5 Å². The van der Waals surface area contributed by atoms with Crippen molar-refractivity contribution in [2.24, 2.45) is 0 Å². The van der Waals surface area contributed by atoms with Gasteiger partial charge in [-0.05, 0) is 30.7 Å². The van der Waals surface area contributed by atoms with Gasteiger partial charge in [-0.15, -0.1) is 11.3 Å². The summed E-state index contributed by atoms with van der Waals surface area (Å²) in [7, 11) is 0. The van der Waals surface area contributed by atoms with Crippen LogP contribution < -0.4 is 5.32 Å². The highest BCUT2D eigenvalue weighted by molar-refractivity contribution is 7.18. The standard InChI is InChI=1S/C21H24ClN3O4S/c1-3-29-21(28)20-17(12-18(30-20)15-4-6-16(22)7-5-15)23-19(27)13-24-8-10-25(11-9-24)14(2)26/h4-7,12H,3,8-11,13H2,1-2H3,(H,23,27). The second-order valence-electron chi connectivity index (χ2n) is 6.91. The molecule has 9 heteroatoms. The van der Waals surface area contributed by atoms with Gasteiger partial charge in [0.25, 0.3) is 0 Å². The molecule has 30 heavy (non-hydrogen) atoms. The third-order valence-electron chi connectivity index (χ3n) is 4.78. The minimum atomic E-state index is -0.465. The lowest BCUT2D eigenvalue weighted by Gasteiger charge is -2.33. The number of nitrogens with zero attached hydrogens (tertiary/aromatic N) is 2. The molecular weight excluding hydrogens is 426 g/mol. The first-order valence-electron chi connectivity index (χ1n) is 9.72. The summed E-state index contributed by atoms with van der Waals surface area (Å²) in [6.45, 7) is 6.22. The van der Waals surface area contributed by atoms with E-state index in [2.05, 4.69) is 5.32 Å². The van der Waals surface area contributed by atoms with Crippen LogP contribution in [-0.2, 0) is 14.3 Å². The number of rotatable bonds is 6. The molecule has 2 amide bonds. The second kappa shape index (κ2) is 10.1. The Morgan fingerprint density at radius 1 is 1.13 bits per heavy atom. The highest BCUT2D eigenvalue weighted by Crippen LogP contribution is 2.36. The van der Waals surface area contributed by atoms with E-state index in [-0.39, 0.29) is 25.0 Å². The molecule has 0 radical (unpaired) electrons. The third-order valence-corrected chi connectivity index (χ3v) is 6.20. The van der Waals surface area contributed by atoms with Crippen LogP contribution in [-0.4, -0.2) is 66.9 Å². The Morgan fingerprint density at radius 2 is 1.80 bits per heavy atom. The molecule has 1 N–H and O–H groups in total. The average Bonchev–Trinajstić information content (AvgIpc) is 3.12. The molecule has 0 saturated carbocycles. The number of amides is 2. The molecule has 1 aromatic carbocycles. The van der Waals surface area contributed by atoms with Gasteiger partial charge in [0, 0.05) is 43.0 Å². The summed E-state index contributed by atoms with van der Waals surface area (Å²) in [4.78, 5) is 41.4. The molecule has 3 rings (SSSR count). The van der Waals surface area contributed by atoms with Crippen LogP contribution in [0.1, 0.15) is 23.5 Å².